The summed E-state index contributed by atoms with van der Waals surface area (Å²) in [6.07, 6.45) is 1.79. The second-order valence-corrected chi connectivity index (χ2v) is 5.06. The standard InChI is InChI=1S/C17H16N2O4/c1-11-4-3-9-19-14(18-15(16(11)19)17(20)21)10-23-13-7-5-12(22-2)6-8-13/h3-9H,10H2,1-2H3,(H,20,21). The highest BCUT2D eigenvalue weighted by Crippen LogP contribution is 2.21. The van der Waals surface area contributed by atoms with Gasteiger partial charge in [0.15, 0.2) is 11.5 Å². The van der Waals surface area contributed by atoms with E-state index in [1.165, 1.54) is 0 Å². The number of fused-ring (bicyclic) bond motifs is 1. The van der Waals surface area contributed by atoms with Gasteiger partial charge in [0.25, 0.3) is 0 Å². The Morgan fingerprint density at radius 2 is 1.91 bits per heavy atom. The second-order valence-electron chi connectivity index (χ2n) is 5.06. The maximum Gasteiger partial charge on any atom is 0.356 e. The minimum atomic E-state index is -1.05. The quantitative estimate of drug-likeness (QED) is 0.784. The Labute approximate surface area is 132 Å². The van der Waals surface area contributed by atoms with Crippen molar-refractivity contribution >= 4 is 11.5 Å². The molecule has 0 aliphatic heterocycles. The van der Waals surface area contributed by atoms with Gasteiger partial charge >= 0.3 is 5.97 Å². The summed E-state index contributed by atoms with van der Waals surface area (Å²) in [5.41, 5.74) is 1.48. The van der Waals surface area contributed by atoms with Crippen molar-refractivity contribution < 1.29 is 19.4 Å². The Balaban J connectivity index is 1.90. The molecule has 0 aliphatic rings. The van der Waals surface area contributed by atoms with Crippen molar-refractivity contribution in [2.45, 2.75) is 13.5 Å². The molecule has 0 fully saturated rings. The molecule has 0 saturated carbocycles. The van der Waals surface area contributed by atoms with E-state index in [2.05, 4.69) is 4.98 Å². The first kappa shape index (κ1) is 14.9. The molecule has 1 N–H and O–H groups in total. The molecule has 3 rings (SSSR count). The van der Waals surface area contributed by atoms with Gasteiger partial charge in [0.1, 0.15) is 18.1 Å². The van der Waals surface area contributed by atoms with E-state index in [1.54, 1.807) is 42.0 Å². The third-order valence-corrected chi connectivity index (χ3v) is 3.57. The molecule has 6 nitrogen and oxygen atoms in total. The van der Waals surface area contributed by atoms with E-state index in [0.717, 1.165) is 11.3 Å². The van der Waals surface area contributed by atoms with Crippen molar-refractivity contribution in [2.75, 3.05) is 7.11 Å². The number of rotatable bonds is 5. The Morgan fingerprint density at radius 1 is 1.22 bits per heavy atom. The predicted octanol–water partition coefficient (Wildman–Crippen LogP) is 2.93. The zero-order chi connectivity index (χ0) is 16.4. The summed E-state index contributed by atoms with van der Waals surface area (Å²) in [6, 6.07) is 10.9. The number of pyridine rings is 1. The van der Waals surface area contributed by atoms with Crippen LogP contribution in [0, 0.1) is 6.92 Å². The highest BCUT2D eigenvalue weighted by atomic mass is 16.5. The number of imidazole rings is 1. The molecule has 0 bridgehead atoms. The number of carboxylic acid groups (broad SMARTS) is 1. The van der Waals surface area contributed by atoms with Gasteiger partial charge in [0, 0.05) is 6.20 Å². The first-order valence-corrected chi connectivity index (χ1v) is 7.07. The molecule has 3 aromatic rings. The number of ether oxygens (including phenoxy) is 2. The first-order valence-electron chi connectivity index (χ1n) is 7.07. The van der Waals surface area contributed by atoms with Gasteiger partial charge < -0.3 is 14.6 Å². The molecule has 0 atom stereocenters. The number of carboxylic acids is 1. The van der Waals surface area contributed by atoms with E-state index in [0.29, 0.717) is 17.1 Å². The molecule has 118 valence electrons. The minimum Gasteiger partial charge on any atom is -0.497 e. The fourth-order valence-electron chi connectivity index (χ4n) is 2.44. The monoisotopic (exact) mass is 312 g/mol. The minimum absolute atomic E-state index is 0.0384. The second kappa shape index (κ2) is 6.00. The van der Waals surface area contributed by atoms with Crippen LogP contribution in [-0.2, 0) is 6.61 Å². The average molecular weight is 312 g/mol. The van der Waals surface area contributed by atoms with Crippen LogP contribution in [0.1, 0.15) is 21.9 Å². The lowest BCUT2D eigenvalue weighted by atomic mass is 10.2. The summed E-state index contributed by atoms with van der Waals surface area (Å²) in [7, 11) is 1.60. The predicted molar refractivity (Wildman–Crippen MR) is 84.2 cm³/mol. The SMILES string of the molecule is COc1ccc(OCc2nc(C(=O)O)c3c(C)cccn23)cc1. The number of methoxy groups -OCH3 is 1. The molecule has 6 heteroatoms. The van der Waals surface area contributed by atoms with Crippen LogP contribution >= 0.6 is 0 Å². The normalized spacial score (nSPS) is 10.7. The van der Waals surface area contributed by atoms with Crippen LogP contribution in [0.5, 0.6) is 11.5 Å². The number of nitrogens with zero attached hydrogens (tertiary/aromatic N) is 2. The van der Waals surface area contributed by atoms with Gasteiger partial charge in [-0.1, -0.05) is 6.07 Å². The van der Waals surface area contributed by atoms with Crippen molar-refractivity contribution in [1.82, 2.24) is 9.38 Å². The number of aryl methyl sites for hydroxylation is 1. The smallest absolute Gasteiger partial charge is 0.356 e. The van der Waals surface area contributed by atoms with Crippen molar-refractivity contribution in [2.24, 2.45) is 0 Å². The zero-order valence-electron chi connectivity index (χ0n) is 12.8. The van der Waals surface area contributed by atoms with E-state index in [1.807, 2.05) is 19.1 Å². The highest BCUT2D eigenvalue weighted by Gasteiger charge is 2.18. The Hall–Kier alpha value is -3.02. The third-order valence-electron chi connectivity index (χ3n) is 3.57. The summed E-state index contributed by atoms with van der Waals surface area (Å²) in [6.45, 7) is 2.03. The van der Waals surface area contributed by atoms with Crippen LogP contribution in [0.4, 0.5) is 0 Å². The molecular formula is C17H16N2O4. The number of carbonyl (C=O) groups is 1. The largest absolute Gasteiger partial charge is 0.497 e. The van der Waals surface area contributed by atoms with Gasteiger partial charge in [-0.2, -0.15) is 0 Å². The lowest BCUT2D eigenvalue weighted by molar-refractivity contribution is 0.0693. The van der Waals surface area contributed by atoms with E-state index >= 15 is 0 Å². The van der Waals surface area contributed by atoms with E-state index in [-0.39, 0.29) is 12.3 Å². The molecule has 0 spiro atoms. The first-order chi connectivity index (χ1) is 11.1. The lowest BCUT2D eigenvalue weighted by Crippen LogP contribution is -2.01. The van der Waals surface area contributed by atoms with Gasteiger partial charge in [-0.25, -0.2) is 9.78 Å². The Morgan fingerprint density at radius 3 is 2.57 bits per heavy atom. The lowest BCUT2D eigenvalue weighted by Gasteiger charge is -2.07. The van der Waals surface area contributed by atoms with Crippen molar-refractivity contribution in [3.05, 3.63) is 59.7 Å². The van der Waals surface area contributed by atoms with Gasteiger partial charge in [-0.15, -0.1) is 0 Å². The molecule has 1 aromatic carbocycles. The summed E-state index contributed by atoms with van der Waals surface area (Å²) < 4.78 is 12.5. The molecule has 0 unspecified atom stereocenters. The topological polar surface area (TPSA) is 73.1 Å². The highest BCUT2D eigenvalue weighted by molar-refractivity contribution is 5.94. The van der Waals surface area contributed by atoms with Crippen molar-refractivity contribution in [3.8, 4) is 11.5 Å². The summed E-state index contributed by atoms with van der Waals surface area (Å²) in [4.78, 5) is 15.6. The summed E-state index contributed by atoms with van der Waals surface area (Å²) in [5.74, 6) is 0.892. The third kappa shape index (κ3) is 2.83. The van der Waals surface area contributed by atoms with Crippen molar-refractivity contribution in [1.29, 1.82) is 0 Å². The Bertz CT molecular complexity index is 853. The fourth-order valence-corrected chi connectivity index (χ4v) is 2.44. The number of benzene rings is 1. The number of aromatic nitrogens is 2. The maximum atomic E-state index is 11.4. The van der Waals surface area contributed by atoms with Gasteiger partial charge in [-0.05, 0) is 42.8 Å². The fraction of sp³-hybridized carbons (Fsp3) is 0.176. The van der Waals surface area contributed by atoms with E-state index in [9.17, 15) is 9.90 Å². The van der Waals surface area contributed by atoms with Crippen molar-refractivity contribution in [3.63, 3.8) is 0 Å². The average Bonchev–Trinajstić information content (AvgIpc) is 2.94. The van der Waals surface area contributed by atoms with Crippen LogP contribution < -0.4 is 9.47 Å². The van der Waals surface area contributed by atoms with Crippen LogP contribution in [0.2, 0.25) is 0 Å². The molecular weight excluding hydrogens is 296 g/mol. The molecule has 2 heterocycles. The molecule has 0 radical (unpaired) electrons. The number of hydrogen-bond acceptors (Lipinski definition) is 4. The number of aromatic carboxylic acids is 1. The summed E-state index contributed by atoms with van der Waals surface area (Å²) in [5, 5.41) is 9.33. The maximum absolute atomic E-state index is 11.4. The summed E-state index contributed by atoms with van der Waals surface area (Å²) >= 11 is 0. The van der Waals surface area contributed by atoms with Crippen LogP contribution in [-0.4, -0.2) is 27.6 Å². The molecule has 2 aromatic heterocycles. The van der Waals surface area contributed by atoms with E-state index in [4.69, 9.17) is 9.47 Å². The molecule has 0 aliphatic carbocycles. The van der Waals surface area contributed by atoms with Crippen LogP contribution in [0.25, 0.3) is 5.52 Å². The van der Waals surface area contributed by atoms with Gasteiger partial charge in [0.2, 0.25) is 0 Å². The number of hydrogen-bond donors (Lipinski definition) is 1. The van der Waals surface area contributed by atoms with Crippen LogP contribution in [0.15, 0.2) is 42.6 Å². The Kier molecular flexibility index (Phi) is 3.89. The van der Waals surface area contributed by atoms with E-state index < -0.39 is 5.97 Å². The zero-order valence-corrected chi connectivity index (χ0v) is 12.8. The van der Waals surface area contributed by atoms with Crippen LogP contribution in [0.3, 0.4) is 0 Å². The molecule has 0 saturated heterocycles. The van der Waals surface area contributed by atoms with Gasteiger partial charge in [0.05, 0.1) is 12.6 Å². The molecule has 23 heavy (non-hydrogen) atoms. The molecule has 0 amide bonds. The van der Waals surface area contributed by atoms with Gasteiger partial charge in [-0.3, -0.25) is 4.40 Å².